The summed E-state index contributed by atoms with van der Waals surface area (Å²) in [6.45, 7) is 8.82. The van der Waals surface area contributed by atoms with E-state index in [0.717, 1.165) is 17.6 Å². The lowest BCUT2D eigenvalue weighted by Gasteiger charge is -2.18. The Morgan fingerprint density at radius 2 is 2.00 bits per heavy atom. The largest absolute Gasteiger partial charge is 0.387 e. The fourth-order valence-corrected chi connectivity index (χ4v) is 2.96. The zero-order valence-electron chi connectivity index (χ0n) is 13.4. The summed E-state index contributed by atoms with van der Waals surface area (Å²) < 4.78 is 0. The van der Waals surface area contributed by atoms with E-state index in [1.807, 2.05) is 7.05 Å². The molecule has 0 saturated heterocycles. The van der Waals surface area contributed by atoms with Crippen LogP contribution in [0.1, 0.15) is 56.4 Å². The summed E-state index contributed by atoms with van der Waals surface area (Å²) in [5.41, 5.74) is 6.24. The molecule has 2 rings (SSSR count). The van der Waals surface area contributed by atoms with E-state index in [4.69, 9.17) is 4.98 Å². The molecule has 0 atom stereocenters. The van der Waals surface area contributed by atoms with Crippen molar-refractivity contribution in [3.63, 3.8) is 0 Å². The summed E-state index contributed by atoms with van der Waals surface area (Å²) in [6, 6.07) is 6.70. The molecule has 20 heavy (non-hydrogen) atoms. The number of anilines is 1. The van der Waals surface area contributed by atoms with Crippen molar-refractivity contribution in [1.82, 2.24) is 4.98 Å². The first-order valence-corrected chi connectivity index (χ1v) is 7.69. The highest BCUT2D eigenvalue weighted by molar-refractivity contribution is 5.94. The van der Waals surface area contributed by atoms with Crippen LogP contribution in [0.4, 0.5) is 5.69 Å². The molecule has 0 unspecified atom stereocenters. The molecule has 1 heterocycles. The van der Waals surface area contributed by atoms with Crippen molar-refractivity contribution < 1.29 is 0 Å². The number of rotatable bonds is 5. The smallest absolute Gasteiger partial charge is 0.0726 e. The Labute approximate surface area is 122 Å². The number of benzene rings is 1. The van der Waals surface area contributed by atoms with E-state index in [0.29, 0.717) is 5.92 Å². The highest BCUT2D eigenvalue weighted by Crippen LogP contribution is 2.33. The minimum absolute atomic E-state index is 0.480. The van der Waals surface area contributed by atoms with Gasteiger partial charge in [0.25, 0.3) is 0 Å². The maximum Gasteiger partial charge on any atom is 0.0726 e. The van der Waals surface area contributed by atoms with Crippen LogP contribution < -0.4 is 5.32 Å². The number of unbranched alkanes of at least 4 members (excludes halogenated alkanes) is 1. The predicted molar refractivity (Wildman–Crippen MR) is 88.7 cm³/mol. The van der Waals surface area contributed by atoms with Crippen molar-refractivity contribution >= 4 is 16.6 Å². The van der Waals surface area contributed by atoms with E-state index in [1.54, 1.807) is 0 Å². The molecule has 2 aromatic rings. The Morgan fingerprint density at radius 3 is 2.60 bits per heavy atom. The zero-order chi connectivity index (χ0) is 14.7. The van der Waals surface area contributed by atoms with E-state index < -0.39 is 0 Å². The first-order valence-electron chi connectivity index (χ1n) is 7.69. The zero-order valence-corrected chi connectivity index (χ0v) is 13.4. The number of nitrogens with zero attached hydrogens (tertiary/aromatic N) is 1. The molecule has 2 heteroatoms. The highest BCUT2D eigenvalue weighted by Gasteiger charge is 2.14. The Hall–Kier alpha value is -1.57. The molecule has 0 spiro atoms. The molecular formula is C18H26N2. The van der Waals surface area contributed by atoms with Crippen LogP contribution >= 0.6 is 0 Å². The van der Waals surface area contributed by atoms with Gasteiger partial charge in [-0.1, -0.05) is 33.3 Å². The van der Waals surface area contributed by atoms with Crippen molar-refractivity contribution in [2.45, 2.75) is 52.9 Å². The van der Waals surface area contributed by atoms with Gasteiger partial charge in [-0.3, -0.25) is 4.98 Å². The van der Waals surface area contributed by atoms with Crippen molar-refractivity contribution in [1.29, 1.82) is 0 Å². The number of hydrogen-bond acceptors (Lipinski definition) is 2. The van der Waals surface area contributed by atoms with E-state index >= 15 is 0 Å². The van der Waals surface area contributed by atoms with Crippen molar-refractivity contribution in [2.24, 2.45) is 0 Å². The van der Waals surface area contributed by atoms with Crippen molar-refractivity contribution in [2.75, 3.05) is 12.4 Å². The lowest BCUT2D eigenvalue weighted by Crippen LogP contribution is -2.04. The second kappa shape index (κ2) is 6.25. The number of aryl methyl sites for hydroxylation is 2. The Bertz CT molecular complexity index is 600. The molecule has 108 valence electrons. The molecule has 1 N–H and O–H groups in total. The summed E-state index contributed by atoms with van der Waals surface area (Å²) in [5.74, 6) is 0.480. The maximum absolute atomic E-state index is 4.79. The lowest BCUT2D eigenvalue weighted by molar-refractivity contribution is 0.795. The van der Waals surface area contributed by atoms with Crippen LogP contribution in [0.3, 0.4) is 0 Å². The summed E-state index contributed by atoms with van der Waals surface area (Å²) in [4.78, 5) is 4.79. The normalized spacial score (nSPS) is 11.3. The van der Waals surface area contributed by atoms with Crippen LogP contribution in [-0.4, -0.2) is 12.0 Å². The molecule has 0 fully saturated rings. The van der Waals surface area contributed by atoms with Gasteiger partial charge in [-0.05, 0) is 48.9 Å². The molecule has 0 bridgehead atoms. The highest BCUT2D eigenvalue weighted by atomic mass is 14.8. The number of aromatic nitrogens is 1. The second-order valence-corrected chi connectivity index (χ2v) is 5.85. The van der Waals surface area contributed by atoms with Gasteiger partial charge in [0.05, 0.1) is 5.52 Å². The second-order valence-electron chi connectivity index (χ2n) is 5.85. The van der Waals surface area contributed by atoms with Gasteiger partial charge in [0, 0.05) is 23.8 Å². The standard InChI is InChI=1S/C18H26N2/c1-6-7-8-14-9-10-16-15(11-14)18(19-5)17(12(2)3)13(4)20-16/h9-12H,6-8H2,1-5H3,(H,19,20). The fourth-order valence-electron chi connectivity index (χ4n) is 2.96. The first-order chi connectivity index (χ1) is 9.58. The molecule has 0 aliphatic rings. The van der Waals surface area contributed by atoms with Gasteiger partial charge in [-0.15, -0.1) is 0 Å². The maximum atomic E-state index is 4.79. The van der Waals surface area contributed by atoms with Gasteiger partial charge < -0.3 is 5.32 Å². The minimum Gasteiger partial charge on any atom is -0.387 e. The third-order valence-corrected chi connectivity index (χ3v) is 3.92. The fraction of sp³-hybridized carbons (Fsp3) is 0.500. The molecule has 0 aliphatic heterocycles. The van der Waals surface area contributed by atoms with Crippen molar-refractivity contribution in [3.8, 4) is 0 Å². The van der Waals surface area contributed by atoms with Gasteiger partial charge in [0.1, 0.15) is 0 Å². The molecule has 1 aromatic heterocycles. The van der Waals surface area contributed by atoms with Crippen LogP contribution in [0.25, 0.3) is 10.9 Å². The number of pyridine rings is 1. The van der Waals surface area contributed by atoms with Crippen LogP contribution in [0.2, 0.25) is 0 Å². The van der Waals surface area contributed by atoms with E-state index in [-0.39, 0.29) is 0 Å². The third-order valence-electron chi connectivity index (χ3n) is 3.92. The molecule has 0 amide bonds. The van der Waals surface area contributed by atoms with Crippen molar-refractivity contribution in [3.05, 3.63) is 35.0 Å². The lowest BCUT2D eigenvalue weighted by atomic mass is 9.95. The first kappa shape index (κ1) is 14.8. The number of hydrogen-bond donors (Lipinski definition) is 1. The van der Waals surface area contributed by atoms with Crippen LogP contribution in [0.5, 0.6) is 0 Å². The topological polar surface area (TPSA) is 24.9 Å². The molecule has 1 aromatic carbocycles. The summed E-state index contributed by atoms with van der Waals surface area (Å²) in [5, 5.41) is 4.66. The van der Waals surface area contributed by atoms with Gasteiger partial charge in [-0.25, -0.2) is 0 Å². The molecule has 2 nitrogen and oxygen atoms in total. The molecule has 0 radical (unpaired) electrons. The molecular weight excluding hydrogens is 244 g/mol. The number of nitrogens with one attached hydrogen (secondary N) is 1. The Morgan fingerprint density at radius 1 is 1.25 bits per heavy atom. The van der Waals surface area contributed by atoms with Gasteiger partial charge in [0.2, 0.25) is 0 Å². The summed E-state index contributed by atoms with van der Waals surface area (Å²) in [6.07, 6.45) is 3.64. The average molecular weight is 270 g/mol. The predicted octanol–water partition coefficient (Wildman–Crippen LogP) is 5.05. The molecule has 0 saturated carbocycles. The molecule has 0 aliphatic carbocycles. The van der Waals surface area contributed by atoms with Crippen LogP contribution in [-0.2, 0) is 6.42 Å². The van der Waals surface area contributed by atoms with Gasteiger partial charge in [0.15, 0.2) is 0 Å². The Balaban J connectivity index is 2.62. The SMILES string of the molecule is CCCCc1ccc2nc(C)c(C(C)C)c(NC)c2c1. The van der Waals surface area contributed by atoms with Gasteiger partial charge >= 0.3 is 0 Å². The number of fused-ring (bicyclic) bond motifs is 1. The van der Waals surface area contributed by atoms with Crippen LogP contribution in [0, 0.1) is 6.92 Å². The Kier molecular flexibility index (Phi) is 4.64. The van der Waals surface area contributed by atoms with E-state index in [1.165, 1.54) is 35.0 Å². The quantitative estimate of drug-likeness (QED) is 0.822. The van der Waals surface area contributed by atoms with E-state index in [2.05, 4.69) is 51.2 Å². The average Bonchev–Trinajstić information content (AvgIpc) is 2.43. The van der Waals surface area contributed by atoms with Crippen LogP contribution in [0.15, 0.2) is 18.2 Å². The summed E-state index contributed by atoms with van der Waals surface area (Å²) >= 11 is 0. The monoisotopic (exact) mass is 270 g/mol. The van der Waals surface area contributed by atoms with Gasteiger partial charge in [-0.2, -0.15) is 0 Å². The minimum atomic E-state index is 0.480. The summed E-state index contributed by atoms with van der Waals surface area (Å²) in [7, 11) is 2.01. The third kappa shape index (κ3) is 2.79. The van der Waals surface area contributed by atoms with E-state index in [9.17, 15) is 0 Å².